The predicted octanol–water partition coefficient (Wildman–Crippen LogP) is 3.18. The van der Waals surface area contributed by atoms with Crippen LogP contribution in [0.25, 0.3) is 0 Å². The summed E-state index contributed by atoms with van der Waals surface area (Å²) in [4.78, 5) is 45.0. The molecule has 128 valence electrons. The molecule has 24 heavy (non-hydrogen) atoms. The van der Waals surface area contributed by atoms with E-state index in [4.69, 9.17) is 11.2 Å². The normalized spacial score (nSPS) is 13.2. The van der Waals surface area contributed by atoms with Crippen LogP contribution in [-0.4, -0.2) is 21.4 Å². The summed E-state index contributed by atoms with van der Waals surface area (Å²) in [5, 5.41) is 0.373. The standard InChI is InChI=1S/C18H20ClO4P/c1-11-9-15(13(3)20)5-7-17(11)24(19,22,23)18-8-6-16(14(4)21)10-12(18)2/h5-10,22-23H,1-4H3. The zero-order valence-corrected chi connectivity index (χ0v) is 15.7. The van der Waals surface area contributed by atoms with Gasteiger partial charge in [-0.05, 0) is 0 Å². The van der Waals surface area contributed by atoms with E-state index in [2.05, 4.69) is 0 Å². The van der Waals surface area contributed by atoms with Crippen molar-refractivity contribution in [3.63, 3.8) is 0 Å². The molecule has 0 unspecified atom stereocenters. The molecule has 6 heteroatoms. The van der Waals surface area contributed by atoms with Crippen molar-refractivity contribution in [2.24, 2.45) is 0 Å². The number of aryl methyl sites for hydroxylation is 2. The van der Waals surface area contributed by atoms with E-state index in [1.165, 1.54) is 38.1 Å². The first-order valence-electron chi connectivity index (χ1n) is 7.40. The van der Waals surface area contributed by atoms with Crippen molar-refractivity contribution in [1.29, 1.82) is 0 Å². The second-order valence-electron chi connectivity index (χ2n) is 6.04. The summed E-state index contributed by atoms with van der Waals surface area (Å²) in [6.45, 7) is 6.24. The van der Waals surface area contributed by atoms with E-state index in [1.54, 1.807) is 26.0 Å². The van der Waals surface area contributed by atoms with Gasteiger partial charge in [-0.2, -0.15) is 0 Å². The maximum atomic E-state index is 11.5. The fraction of sp³-hybridized carbons (Fsp3) is 0.222. The number of halogens is 1. The maximum absolute atomic E-state index is 11.5. The molecule has 0 aliphatic heterocycles. The van der Waals surface area contributed by atoms with Gasteiger partial charge in [0.15, 0.2) is 0 Å². The van der Waals surface area contributed by atoms with E-state index in [-0.39, 0.29) is 22.2 Å². The van der Waals surface area contributed by atoms with Crippen molar-refractivity contribution >= 4 is 39.8 Å². The number of Topliss-reactive ketones (excluding diaryl/α,β-unsaturated/α-hetero) is 2. The molecule has 0 heterocycles. The van der Waals surface area contributed by atoms with Crippen LogP contribution in [0, 0.1) is 13.8 Å². The van der Waals surface area contributed by atoms with Crippen molar-refractivity contribution in [3.05, 3.63) is 58.7 Å². The van der Waals surface area contributed by atoms with Crippen molar-refractivity contribution in [2.75, 3.05) is 0 Å². The Balaban J connectivity index is 2.66. The van der Waals surface area contributed by atoms with Crippen molar-refractivity contribution in [1.82, 2.24) is 0 Å². The fourth-order valence-electron chi connectivity index (χ4n) is 2.77. The third-order valence-corrected chi connectivity index (χ3v) is 7.86. The summed E-state index contributed by atoms with van der Waals surface area (Å²) in [5.74, 6) is -0.227. The average Bonchev–Trinajstić information content (AvgIpc) is 2.45. The van der Waals surface area contributed by atoms with E-state index in [1.807, 2.05) is 0 Å². The minimum absolute atomic E-state index is 0.114. The first kappa shape index (κ1) is 18.8. The van der Waals surface area contributed by atoms with Crippen molar-refractivity contribution < 1.29 is 19.4 Å². The quantitative estimate of drug-likeness (QED) is 0.643. The third kappa shape index (κ3) is 3.28. The van der Waals surface area contributed by atoms with Gasteiger partial charge in [0.05, 0.1) is 0 Å². The van der Waals surface area contributed by atoms with Crippen molar-refractivity contribution in [2.45, 2.75) is 27.7 Å². The summed E-state index contributed by atoms with van der Waals surface area (Å²) >= 11 is 6.39. The fourth-order valence-corrected chi connectivity index (χ4v) is 6.22. The van der Waals surface area contributed by atoms with Crippen molar-refractivity contribution in [3.8, 4) is 0 Å². The monoisotopic (exact) mass is 366 g/mol. The van der Waals surface area contributed by atoms with E-state index in [0.717, 1.165) is 0 Å². The Kier molecular flexibility index (Phi) is 4.73. The van der Waals surface area contributed by atoms with Gasteiger partial charge in [-0.25, -0.2) is 0 Å². The number of benzene rings is 2. The predicted molar refractivity (Wildman–Crippen MR) is 98.8 cm³/mol. The topological polar surface area (TPSA) is 74.6 Å². The van der Waals surface area contributed by atoms with Crippen LogP contribution in [0.15, 0.2) is 36.4 Å². The zero-order valence-electron chi connectivity index (χ0n) is 14.0. The van der Waals surface area contributed by atoms with Gasteiger partial charge in [0.2, 0.25) is 0 Å². The molecule has 4 nitrogen and oxygen atoms in total. The van der Waals surface area contributed by atoms with E-state index in [0.29, 0.717) is 22.3 Å². The van der Waals surface area contributed by atoms with Gasteiger partial charge in [0, 0.05) is 0 Å². The van der Waals surface area contributed by atoms with Crippen LogP contribution in [0.3, 0.4) is 0 Å². The first-order chi connectivity index (χ1) is 10.9. The van der Waals surface area contributed by atoms with E-state index >= 15 is 0 Å². The third-order valence-electron chi connectivity index (χ3n) is 4.06. The Morgan fingerprint density at radius 3 is 1.42 bits per heavy atom. The molecule has 0 bridgehead atoms. The number of hydrogen-bond acceptors (Lipinski definition) is 4. The van der Waals surface area contributed by atoms with Crippen LogP contribution in [-0.2, 0) is 0 Å². The second kappa shape index (κ2) is 6.05. The first-order valence-corrected chi connectivity index (χ1v) is 10.4. The van der Waals surface area contributed by atoms with Gasteiger partial charge >= 0.3 is 146 Å². The average molecular weight is 367 g/mol. The molecule has 2 rings (SSSR count). The Bertz CT molecular complexity index is 782. The molecule has 0 aliphatic carbocycles. The molecule has 2 aromatic carbocycles. The molecule has 0 radical (unpaired) electrons. The van der Waals surface area contributed by atoms with Gasteiger partial charge in [-0.15, -0.1) is 0 Å². The number of carbonyl (C=O) groups is 2. The van der Waals surface area contributed by atoms with Crippen LogP contribution in [0.4, 0.5) is 0 Å². The van der Waals surface area contributed by atoms with Gasteiger partial charge in [0.25, 0.3) is 0 Å². The summed E-state index contributed by atoms with van der Waals surface area (Å²) in [6.07, 6.45) is -4.90. The molecule has 0 aromatic heterocycles. The summed E-state index contributed by atoms with van der Waals surface area (Å²) < 4.78 is 0. The van der Waals surface area contributed by atoms with Gasteiger partial charge in [-0.3, -0.25) is 0 Å². The van der Waals surface area contributed by atoms with E-state index in [9.17, 15) is 19.4 Å². The Morgan fingerprint density at radius 2 is 1.17 bits per heavy atom. The summed E-state index contributed by atoms with van der Waals surface area (Å²) in [5.41, 5.74) is 2.00. The Labute approximate surface area is 146 Å². The molecule has 0 atom stereocenters. The minimum atomic E-state index is -4.90. The van der Waals surface area contributed by atoms with Gasteiger partial charge < -0.3 is 0 Å². The zero-order chi connectivity index (χ0) is 18.3. The SMILES string of the molecule is CC(=O)c1ccc(P(O)(O)(Cl)c2ccc(C(C)=O)cc2C)c(C)c1. The van der Waals surface area contributed by atoms with E-state index < -0.39 is 6.41 Å². The molecule has 0 spiro atoms. The van der Waals surface area contributed by atoms with Crippen LogP contribution in [0.5, 0.6) is 0 Å². The van der Waals surface area contributed by atoms with Crippen LogP contribution in [0.2, 0.25) is 0 Å². The molecule has 2 aromatic rings. The number of carbonyl (C=O) groups excluding carboxylic acids is 2. The molecule has 0 saturated carbocycles. The molecule has 2 N–H and O–H groups in total. The second-order valence-corrected chi connectivity index (χ2v) is 10.8. The summed E-state index contributed by atoms with van der Waals surface area (Å²) in [7, 11) is 0. The Hall–Kier alpha value is -1.58. The van der Waals surface area contributed by atoms with Gasteiger partial charge in [-0.1, -0.05) is 0 Å². The van der Waals surface area contributed by atoms with Crippen LogP contribution >= 0.6 is 17.7 Å². The molecule has 0 aliphatic rings. The van der Waals surface area contributed by atoms with Gasteiger partial charge in [0.1, 0.15) is 0 Å². The molecular weight excluding hydrogens is 347 g/mol. The molecule has 0 saturated heterocycles. The summed E-state index contributed by atoms with van der Waals surface area (Å²) in [6, 6.07) is 9.20. The number of ketones is 2. The molecule has 0 amide bonds. The molecule has 0 fully saturated rings. The Morgan fingerprint density at radius 1 is 0.833 bits per heavy atom. The van der Waals surface area contributed by atoms with Crippen LogP contribution < -0.4 is 10.6 Å². The van der Waals surface area contributed by atoms with Crippen LogP contribution in [0.1, 0.15) is 45.7 Å². The molecular formula is C18H20ClO4P. The number of rotatable bonds is 4. The number of hydrogen-bond donors (Lipinski definition) is 2.